The molecule has 0 saturated carbocycles. The summed E-state index contributed by atoms with van der Waals surface area (Å²) in [6, 6.07) is 24.1. The van der Waals surface area contributed by atoms with Crippen LogP contribution in [0.25, 0.3) is 6.08 Å². The summed E-state index contributed by atoms with van der Waals surface area (Å²) in [4.78, 5) is 38.9. The number of amides is 3. The Morgan fingerprint density at radius 2 is 1.61 bits per heavy atom. The largest absolute Gasteiger partial charge is 0.490 e. The van der Waals surface area contributed by atoms with Gasteiger partial charge in [-0.05, 0) is 71.8 Å². The minimum Gasteiger partial charge on any atom is -0.490 e. The summed E-state index contributed by atoms with van der Waals surface area (Å²) in [5.74, 6) is 0.460. The van der Waals surface area contributed by atoms with Gasteiger partial charge in [-0.3, -0.25) is 19.3 Å². The maximum absolute atomic E-state index is 12.8. The van der Waals surface area contributed by atoms with Crippen LogP contribution in [0.4, 0.5) is 10.5 Å². The number of nitrogens with one attached hydrogen (secondary N) is 1. The Labute approximate surface area is 214 Å². The second-order valence-corrected chi connectivity index (χ2v) is 8.94. The summed E-state index contributed by atoms with van der Waals surface area (Å²) in [7, 11) is 0. The fourth-order valence-corrected chi connectivity index (χ4v) is 4.32. The van der Waals surface area contributed by atoms with Crippen LogP contribution in [0.1, 0.15) is 18.1 Å². The molecule has 4 rings (SSSR count). The van der Waals surface area contributed by atoms with Crippen LogP contribution in [-0.4, -0.2) is 41.7 Å². The topological polar surface area (TPSA) is 84.9 Å². The van der Waals surface area contributed by atoms with Gasteiger partial charge in [-0.1, -0.05) is 49.4 Å². The molecule has 0 aromatic heterocycles. The van der Waals surface area contributed by atoms with Crippen LogP contribution in [0.3, 0.4) is 0 Å². The molecule has 3 amide bonds. The van der Waals surface area contributed by atoms with Gasteiger partial charge in [0.05, 0.1) is 4.91 Å². The van der Waals surface area contributed by atoms with E-state index in [1.54, 1.807) is 30.3 Å². The van der Waals surface area contributed by atoms with Crippen molar-refractivity contribution in [2.75, 3.05) is 25.1 Å². The van der Waals surface area contributed by atoms with Crippen molar-refractivity contribution in [2.45, 2.75) is 13.3 Å². The van der Waals surface area contributed by atoms with Gasteiger partial charge in [0.2, 0.25) is 5.91 Å². The smallest absolute Gasteiger partial charge is 0.294 e. The number of para-hydroxylation sites is 1. The fraction of sp³-hybridized carbons (Fsp3) is 0.179. The van der Waals surface area contributed by atoms with Crippen molar-refractivity contribution in [1.29, 1.82) is 0 Å². The highest BCUT2D eigenvalue weighted by Crippen LogP contribution is 2.32. The number of thioether (sulfide) groups is 1. The van der Waals surface area contributed by atoms with E-state index in [2.05, 4.69) is 5.32 Å². The molecule has 0 spiro atoms. The van der Waals surface area contributed by atoms with Crippen LogP contribution < -0.4 is 14.8 Å². The van der Waals surface area contributed by atoms with Gasteiger partial charge in [-0.15, -0.1) is 0 Å². The Hall–Kier alpha value is -4.04. The molecule has 184 valence electrons. The lowest BCUT2D eigenvalue weighted by Gasteiger charge is -2.12. The third-order valence-corrected chi connectivity index (χ3v) is 6.25. The summed E-state index contributed by atoms with van der Waals surface area (Å²) >= 11 is 0.813. The van der Waals surface area contributed by atoms with E-state index in [0.717, 1.165) is 34.4 Å². The van der Waals surface area contributed by atoms with Gasteiger partial charge in [0, 0.05) is 5.69 Å². The third-order valence-electron chi connectivity index (χ3n) is 5.34. The number of imide groups is 1. The molecule has 36 heavy (non-hydrogen) atoms. The summed E-state index contributed by atoms with van der Waals surface area (Å²) in [6.07, 6.45) is 2.52. The van der Waals surface area contributed by atoms with Crippen molar-refractivity contribution < 1.29 is 23.9 Å². The van der Waals surface area contributed by atoms with Crippen molar-refractivity contribution in [2.24, 2.45) is 0 Å². The Balaban J connectivity index is 1.32. The molecule has 1 aliphatic heterocycles. The first-order valence-corrected chi connectivity index (χ1v) is 12.4. The molecule has 0 radical (unpaired) electrons. The Kier molecular flexibility index (Phi) is 8.41. The number of hydrogen-bond donors (Lipinski definition) is 1. The van der Waals surface area contributed by atoms with Crippen LogP contribution in [0.15, 0.2) is 83.8 Å². The molecule has 0 bridgehead atoms. The molecule has 8 heteroatoms. The van der Waals surface area contributed by atoms with Crippen molar-refractivity contribution in [3.63, 3.8) is 0 Å². The Morgan fingerprint density at radius 1 is 0.917 bits per heavy atom. The molecule has 1 fully saturated rings. The average Bonchev–Trinajstić information content (AvgIpc) is 3.15. The molecule has 0 unspecified atom stereocenters. The molecule has 0 atom stereocenters. The van der Waals surface area contributed by atoms with Gasteiger partial charge in [0.25, 0.3) is 11.1 Å². The highest BCUT2D eigenvalue weighted by molar-refractivity contribution is 8.18. The first-order valence-electron chi connectivity index (χ1n) is 11.6. The molecule has 3 aromatic carbocycles. The van der Waals surface area contributed by atoms with E-state index >= 15 is 0 Å². The first kappa shape index (κ1) is 25.1. The maximum atomic E-state index is 12.8. The van der Waals surface area contributed by atoms with E-state index in [0.29, 0.717) is 30.2 Å². The van der Waals surface area contributed by atoms with Crippen molar-refractivity contribution in [3.05, 3.63) is 94.9 Å². The SMILES string of the molecule is CCc1ccc(NC(=O)CN2C(=O)S/C(=C/c3cccc(OCCOc4ccccc4)c3)C2=O)cc1. The van der Waals surface area contributed by atoms with E-state index in [-0.39, 0.29) is 11.4 Å². The fourth-order valence-electron chi connectivity index (χ4n) is 3.49. The normalized spacial score (nSPS) is 14.2. The van der Waals surface area contributed by atoms with Crippen LogP contribution in [-0.2, 0) is 16.0 Å². The number of carbonyl (C=O) groups is 3. The molecular formula is C28H26N2O5S. The van der Waals surface area contributed by atoms with Gasteiger partial charge < -0.3 is 14.8 Å². The lowest BCUT2D eigenvalue weighted by atomic mass is 10.1. The van der Waals surface area contributed by atoms with Gasteiger partial charge in [-0.2, -0.15) is 0 Å². The number of rotatable bonds is 10. The number of nitrogens with zero attached hydrogens (tertiary/aromatic N) is 1. The maximum Gasteiger partial charge on any atom is 0.294 e. The molecular weight excluding hydrogens is 476 g/mol. The van der Waals surface area contributed by atoms with Gasteiger partial charge >= 0.3 is 0 Å². The first-order chi connectivity index (χ1) is 17.5. The third kappa shape index (κ3) is 6.76. The Morgan fingerprint density at radius 3 is 2.33 bits per heavy atom. The van der Waals surface area contributed by atoms with E-state index in [9.17, 15) is 14.4 Å². The zero-order valence-electron chi connectivity index (χ0n) is 19.8. The molecule has 1 aliphatic rings. The summed E-state index contributed by atoms with van der Waals surface area (Å²) < 4.78 is 11.4. The predicted molar refractivity (Wildman–Crippen MR) is 141 cm³/mol. The average molecular weight is 503 g/mol. The van der Waals surface area contributed by atoms with E-state index in [1.807, 2.05) is 61.5 Å². The number of ether oxygens (including phenoxy) is 2. The number of aryl methyl sites for hydroxylation is 1. The van der Waals surface area contributed by atoms with Gasteiger partial charge in [-0.25, -0.2) is 0 Å². The van der Waals surface area contributed by atoms with Crippen LogP contribution in [0, 0.1) is 0 Å². The number of carbonyl (C=O) groups excluding carboxylic acids is 3. The molecule has 3 aromatic rings. The standard InChI is InChI=1S/C28H26N2O5S/c1-2-20-11-13-22(14-12-20)29-26(31)19-30-27(32)25(36-28(30)33)18-21-7-6-10-24(17-21)35-16-15-34-23-8-4-3-5-9-23/h3-14,17-18H,2,15-16,19H2,1H3,(H,29,31)/b25-18+. The summed E-state index contributed by atoms with van der Waals surface area (Å²) in [6.45, 7) is 2.44. The van der Waals surface area contributed by atoms with Crippen molar-refractivity contribution in [1.82, 2.24) is 4.90 Å². The minimum absolute atomic E-state index is 0.254. The van der Waals surface area contributed by atoms with Crippen LogP contribution in [0.2, 0.25) is 0 Å². The molecule has 7 nitrogen and oxygen atoms in total. The highest BCUT2D eigenvalue weighted by atomic mass is 32.2. The number of hydrogen-bond acceptors (Lipinski definition) is 6. The highest BCUT2D eigenvalue weighted by Gasteiger charge is 2.36. The lowest BCUT2D eigenvalue weighted by molar-refractivity contribution is -0.127. The minimum atomic E-state index is -0.496. The monoisotopic (exact) mass is 502 g/mol. The summed E-state index contributed by atoms with van der Waals surface area (Å²) in [5, 5.41) is 2.25. The Bertz CT molecular complexity index is 1260. The molecule has 0 aliphatic carbocycles. The number of benzene rings is 3. The summed E-state index contributed by atoms with van der Waals surface area (Å²) in [5.41, 5.74) is 2.48. The van der Waals surface area contributed by atoms with E-state index in [1.165, 1.54) is 0 Å². The zero-order chi connectivity index (χ0) is 25.3. The van der Waals surface area contributed by atoms with E-state index in [4.69, 9.17) is 9.47 Å². The molecule has 1 heterocycles. The van der Waals surface area contributed by atoms with Gasteiger partial charge in [0.1, 0.15) is 31.3 Å². The quantitative estimate of drug-likeness (QED) is 0.296. The second-order valence-electron chi connectivity index (χ2n) is 7.95. The number of anilines is 1. The molecule has 1 saturated heterocycles. The second kappa shape index (κ2) is 12.1. The zero-order valence-corrected chi connectivity index (χ0v) is 20.6. The van der Waals surface area contributed by atoms with Crippen LogP contribution >= 0.6 is 11.8 Å². The van der Waals surface area contributed by atoms with E-state index < -0.39 is 17.1 Å². The van der Waals surface area contributed by atoms with Crippen LogP contribution in [0.5, 0.6) is 11.5 Å². The lowest BCUT2D eigenvalue weighted by Crippen LogP contribution is -2.36. The predicted octanol–water partition coefficient (Wildman–Crippen LogP) is 5.38. The van der Waals surface area contributed by atoms with Crippen molar-refractivity contribution >= 4 is 40.6 Å². The molecule has 1 N–H and O–H groups in total. The van der Waals surface area contributed by atoms with Gasteiger partial charge in [0.15, 0.2) is 0 Å². The van der Waals surface area contributed by atoms with Crippen molar-refractivity contribution in [3.8, 4) is 11.5 Å².